The topological polar surface area (TPSA) is 111 Å². The minimum absolute atomic E-state index is 0.0302. The second-order valence-corrected chi connectivity index (χ2v) is 7.70. The van der Waals surface area contributed by atoms with Crippen LogP contribution in [0.3, 0.4) is 0 Å². The molecule has 0 unspecified atom stereocenters. The molecule has 0 saturated heterocycles. The van der Waals surface area contributed by atoms with Crippen molar-refractivity contribution in [2.45, 2.75) is 0 Å². The number of ether oxygens (including phenoxy) is 2. The largest absolute Gasteiger partial charge is 0.454 e. The Hall–Kier alpha value is -3.27. The predicted octanol–water partition coefficient (Wildman–Crippen LogP) is 1.23. The van der Waals surface area contributed by atoms with Gasteiger partial charge in [-0.15, -0.1) is 0 Å². The van der Waals surface area contributed by atoms with Crippen molar-refractivity contribution in [2.24, 2.45) is 0 Å². The lowest BCUT2D eigenvalue weighted by atomic mass is 10.2. The first-order valence-corrected chi connectivity index (χ1v) is 9.77. The Morgan fingerprint density at radius 3 is 2.89 bits per heavy atom. The zero-order valence-corrected chi connectivity index (χ0v) is 14.9. The van der Waals surface area contributed by atoms with Crippen molar-refractivity contribution >= 4 is 27.1 Å². The molecule has 0 spiro atoms. The number of nitrogens with zero attached hydrogens (tertiary/aromatic N) is 2. The van der Waals surface area contributed by atoms with E-state index in [1.165, 1.54) is 0 Å². The molecule has 0 saturated carbocycles. The normalized spacial score (nSPS) is 12.9. The van der Waals surface area contributed by atoms with Crippen LogP contribution in [0, 0.1) is 0 Å². The van der Waals surface area contributed by atoms with Crippen molar-refractivity contribution in [3.05, 3.63) is 54.4 Å². The van der Waals surface area contributed by atoms with Gasteiger partial charge in [-0.25, -0.2) is 12.9 Å². The zero-order valence-electron chi connectivity index (χ0n) is 14.1. The second-order valence-electron chi connectivity index (χ2n) is 5.86. The summed E-state index contributed by atoms with van der Waals surface area (Å²) < 4.78 is 39.0. The standard InChI is InChI=1S/C17H16N4O5S/c22-17(12-1-2-15-16(9-12)26-11-25-15)18-6-8-27(23,24)20-13-4-7-21-14(10-13)3-5-19-21/h1-5,7,9-10,20H,6,8,11H2,(H,18,22). The molecule has 0 aliphatic carbocycles. The summed E-state index contributed by atoms with van der Waals surface area (Å²) in [5.74, 6) is 0.429. The molecule has 0 radical (unpaired) electrons. The molecule has 2 aromatic heterocycles. The van der Waals surface area contributed by atoms with Crippen LogP contribution in [0.2, 0.25) is 0 Å². The summed E-state index contributed by atoms with van der Waals surface area (Å²) in [5.41, 5.74) is 1.58. The van der Waals surface area contributed by atoms with Gasteiger partial charge in [0.25, 0.3) is 5.91 Å². The van der Waals surface area contributed by atoms with E-state index in [0.717, 1.165) is 5.52 Å². The Balaban J connectivity index is 1.34. The van der Waals surface area contributed by atoms with E-state index in [-0.39, 0.29) is 25.0 Å². The van der Waals surface area contributed by atoms with E-state index in [0.29, 0.717) is 22.7 Å². The molecule has 0 atom stereocenters. The predicted molar refractivity (Wildman–Crippen MR) is 97.5 cm³/mol. The molecule has 9 nitrogen and oxygen atoms in total. The summed E-state index contributed by atoms with van der Waals surface area (Å²) in [6, 6.07) is 9.85. The van der Waals surface area contributed by atoms with E-state index in [9.17, 15) is 13.2 Å². The van der Waals surface area contributed by atoms with Crippen molar-refractivity contribution in [2.75, 3.05) is 23.8 Å². The third-order valence-electron chi connectivity index (χ3n) is 3.96. The van der Waals surface area contributed by atoms with Gasteiger partial charge in [0.05, 0.1) is 17.0 Å². The number of carbonyl (C=O) groups is 1. The van der Waals surface area contributed by atoms with Gasteiger partial charge in [-0.2, -0.15) is 5.10 Å². The first-order valence-electron chi connectivity index (χ1n) is 8.12. The average molecular weight is 388 g/mol. The van der Waals surface area contributed by atoms with Crippen LogP contribution in [0.5, 0.6) is 11.5 Å². The molecule has 4 rings (SSSR count). The summed E-state index contributed by atoms with van der Waals surface area (Å²) in [4.78, 5) is 12.2. The molecule has 1 amide bonds. The van der Waals surface area contributed by atoms with Crippen LogP contribution >= 0.6 is 0 Å². The number of amides is 1. The number of rotatable bonds is 6. The molecule has 0 bridgehead atoms. The maximum atomic E-state index is 12.2. The third-order valence-corrected chi connectivity index (χ3v) is 5.25. The number of hydrogen-bond donors (Lipinski definition) is 2. The molecule has 0 fully saturated rings. The number of carbonyl (C=O) groups excluding carboxylic acids is 1. The lowest BCUT2D eigenvalue weighted by Crippen LogP contribution is -2.31. The molecular weight excluding hydrogens is 372 g/mol. The molecule has 2 N–H and O–H groups in total. The van der Waals surface area contributed by atoms with Gasteiger partial charge in [0.2, 0.25) is 16.8 Å². The quantitative estimate of drug-likeness (QED) is 0.657. The average Bonchev–Trinajstić information content (AvgIpc) is 3.28. The van der Waals surface area contributed by atoms with Crippen molar-refractivity contribution < 1.29 is 22.7 Å². The van der Waals surface area contributed by atoms with Crippen LogP contribution in [-0.2, 0) is 10.0 Å². The Labute approximate surface area is 154 Å². The molecule has 3 aromatic rings. The molecule has 1 aliphatic rings. The van der Waals surface area contributed by atoms with Crippen LogP contribution in [0.1, 0.15) is 10.4 Å². The fourth-order valence-corrected chi connectivity index (χ4v) is 3.61. The number of fused-ring (bicyclic) bond motifs is 2. The van der Waals surface area contributed by atoms with Crippen molar-refractivity contribution in [3.8, 4) is 11.5 Å². The Morgan fingerprint density at radius 1 is 1.15 bits per heavy atom. The highest BCUT2D eigenvalue weighted by Gasteiger charge is 2.17. The van der Waals surface area contributed by atoms with Crippen LogP contribution < -0.4 is 19.5 Å². The lowest BCUT2D eigenvalue weighted by Gasteiger charge is -2.09. The van der Waals surface area contributed by atoms with Gasteiger partial charge in [0.1, 0.15) is 0 Å². The third kappa shape index (κ3) is 3.80. The summed E-state index contributed by atoms with van der Waals surface area (Å²) in [6.45, 7) is 0.0902. The summed E-state index contributed by atoms with van der Waals surface area (Å²) >= 11 is 0. The van der Waals surface area contributed by atoms with E-state index in [1.54, 1.807) is 53.3 Å². The maximum Gasteiger partial charge on any atom is 0.251 e. The van der Waals surface area contributed by atoms with Gasteiger partial charge >= 0.3 is 0 Å². The summed E-state index contributed by atoms with van der Waals surface area (Å²) in [7, 11) is -3.61. The van der Waals surface area contributed by atoms with Crippen LogP contribution in [0.15, 0.2) is 48.8 Å². The van der Waals surface area contributed by atoms with Gasteiger partial charge in [-0.05, 0) is 36.4 Å². The second kappa shape index (κ2) is 6.80. The Morgan fingerprint density at radius 2 is 2.00 bits per heavy atom. The molecule has 10 heteroatoms. The van der Waals surface area contributed by atoms with Gasteiger partial charge in [-0.1, -0.05) is 0 Å². The van der Waals surface area contributed by atoms with Crippen molar-refractivity contribution in [1.29, 1.82) is 0 Å². The minimum atomic E-state index is -3.61. The van der Waals surface area contributed by atoms with Gasteiger partial charge in [0.15, 0.2) is 11.5 Å². The monoisotopic (exact) mass is 388 g/mol. The molecule has 3 heterocycles. The van der Waals surface area contributed by atoms with Gasteiger partial charge < -0.3 is 14.8 Å². The van der Waals surface area contributed by atoms with Gasteiger partial charge in [-0.3, -0.25) is 9.52 Å². The summed E-state index contributed by atoms with van der Waals surface area (Å²) in [6.07, 6.45) is 3.29. The SMILES string of the molecule is O=C(NCCS(=O)(=O)Nc1ccn2nccc2c1)c1ccc2c(c1)OCO2. The fourth-order valence-electron chi connectivity index (χ4n) is 2.65. The van der Waals surface area contributed by atoms with Crippen LogP contribution in [0.4, 0.5) is 5.69 Å². The molecular formula is C17H16N4O5S. The molecule has 140 valence electrons. The van der Waals surface area contributed by atoms with E-state index in [2.05, 4.69) is 15.1 Å². The van der Waals surface area contributed by atoms with Crippen molar-refractivity contribution in [3.63, 3.8) is 0 Å². The molecule has 27 heavy (non-hydrogen) atoms. The Kier molecular flexibility index (Phi) is 4.32. The van der Waals surface area contributed by atoms with E-state index >= 15 is 0 Å². The number of anilines is 1. The lowest BCUT2D eigenvalue weighted by molar-refractivity contribution is 0.0955. The van der Waals surface area contributed by atoms with E-state index < -0.39 is 10.0 Å². The fraction of sp³-hybridized carbons (Fsp3) is 0.176. The number of pyridine rings is 1. The van der Waals surface area contributed by atoms with Crippen LogP contribution in [0.25, 0.3) is 5.52 Å². The first-order chi connectivity index (χ1) is 13.0. The zero-order chi connectivity index (χ0) is 18.9. The van der Waals surface area contributed by atoms with E-state index in [1.807, 2.05) is 0 Å². The van der Waals surface area contributed by atoms with Crippen LogP contribution in [-0.4, -0.2) is 43.0 Å². The smallest absolute Gasteiger partial charge is 0.251 e. The molecule has 1 aromatic carbocycles. The van der Waals surface area contributed by atoms with E-state index in [4.69, 9.17) is 9.47 Å². The Bertz CT molecular complexity index is 1110. The summed E-state index contributed by atoms with van der Waals surface area (Å²) in [5, 5.41) is 6.64. The minimum Gasteiger partial charge on any atom is -0.454 e. The number of benzene rings is 1. The number of hydrogen-bond acceptors (Lipinski definition) is 6. The van der Waals surface area contributed by atoms with Crippen molar-refractivity contribution in [1.82, 2.24) is 14.9 Å². The first kappa shape index (κ1) is 17.2. The number of nitrogens with one attached hydrogen (secondary N) is 2. The maximum absolute atomic E-state index is 12.2. The number of aromatic nitrogens is 2. The highest BCUT2D eigenvalue weighted by Crippen LogP contribution is 2.32. The highest BCUT2D eigenvalue weighted by atomic mass is 32.2. The number of sulfonamides is 1. The molecule has 1 aliphatic heterocycles. The highest BCUT2D eigenvalue weighted by molar-refractivity contribution is 7.92. The van der Waals surface area contributed by atoms with Gasteiger partial charge in [0, 0.05) is 24.5 Å².